The van der Waals surface area contributed by atoms with Crippen LogP contribution in [0.25, 0.3) is 5.76 Å². The zero-order valence-electron chi connectivity index (χ0n) is 24.0. The number of amides is 1. The van der Waals surface area contributed by atoms with Crippen molar-refractivity contribution in [2.75, 3.05) is 25.1 Å². The number of carbonyl (C=O) groups is 2. The number of Topliss-reactive ketones (excluding diaryl/α,β-unsaturated/α-hetero) is 1. The highest BCUT2D eigenvalue weighted by atomic mass is 19.1. The summed E-state index contributed by atoms with van der Waals surface area (Å²) in [6, 6.07) is 18.0. The fourth-order valence-electron chi connectivity index (χ4n) is 5.23. The number of aliphatic hydroxyl groups is 1. The van der Waals surface area contributed by atoms with E-state index in [-0.39, 0.29) is 29.1 Å². The number of halogens is 1. The van der Waals surface area contributed by atoms with E-state index in [9.17, 15) is 19.1 Å². The third-order valence-electron chi connectivity index (χ3n) is 7.42. The summed E-state index contributed by atoms with van der Waals surface area (Å²) < 4.78 is 19.1. The Morgan fingerprint density at radius 1 is 0.975 bits per heavy atom. The smallest absolute Gasteiger partial charge is 0.295 e. The molecule has 1 N–H and O–H groups in total. The number of nitrogens with zero attached hydrogens (tertiary/aromatic N) is 2. The quantitative estimate of drug-likeness (QED) is 0.197. The van der Waals surface area contributed by atoms with Crippen molar-refractivity contribution in [3.63, 3.8) is 0 Å². The fourth-order valence-corrected chi connectivity index (χ4v) is 5.23. The highest BCUT2D eigenvalue weighted by molar-refractivity contribution is 6.46. The van der Waals surface area contributed by atoms with Gasteiger partial charge in [0.15, 0.2) is 0 Å². The molecule has 0 aromatic heterocycles. The number of hydrogen-bond donors (Lipinski definition) is 1. The SMILES string of the molecule is CCN(CC)c1ccc(C2/C(=C(/O)c3ccc(OC)c(C(C)(C)C)c3)C(=O)C(=O)N2Cc2ccc(F)cc2)cc1. The third kappa shape index (κ3) is 5.60. The van der Waals surface area contributed by atoms with Crippen LogP contribution in [0.4, 0.5) is 10.1 Å². The van der Waals surface area contributed by atoms with Gasteiger partial charge in [0, 0.05) is 36.4 Å². The van der Waals surface area contributed by atoms with Crippen LogP contribution < -0.4 is 9.64 Å². The van der Waals surface area contributed by atoms with Crippen LogP contribution >= 0.6 is 0 Å². The summed E-state index contributed by atoms with van der Waals surface area (Å²) in [6.07, 6.45) is 0. The first-order valence-electron chi connectivity index (χ1n) is 13.6. The minimum atomic E-state index is -0.823. The Balaban J connectivity index is 1.87. The van der Waals surface area contributed by atoms with Crippen molar-refractivity contribution in [2.24, 2.45) is 0 Å². The van der Waals surface area contributed by atoms with Gasteiger partial charge in [0.2, 0.25) is 0 Å². The van der Waals surface area contributed by atoms with Crippen LogP contribution in [0.3, 0.4) is 0 Å². The lowest BCUT2D eigenvalue weighted by molar-refractivity contribution is -0.140. The summed E-state index contributed by atoms with van der Waals surface area (Å²) in [4.78, 5) is 30.6. The Morgan fingerprint density at radius 2 is 1.60 bits per heavy atom. The van der Waals surface area contributed by atoms with Gasteiger partial charge in [-0.3, -0.25) is 9.59 Å². The molecule has 0 saturated carbocycles. The number of ketones is 1. The summed E-state index contributed by atoms with van der Waals surface area (Å²) in [7, 11) is 1.59. The molecule has 0 radical (unpaired) electrons. The zero-order chi connectivity index (χ0) is 29.2. The molecule has 0 aliphatic carbocycles. The second-order valence-electron chi connectivity index (χ2n) is 11.0. The molecule has 1 saturated heterocycles. The van der Waals surface area contributed by atoms with E-state index >= 15 is 0 Å². The molecule has 1 aliphatic heterocycles. The second-order valence-corrected chi connectivity index (χ2v) is 11.0. The standard InChI is InChI=1S/C33H37FN2O4/c1-7-35(8-2)25-16-11-22(12-17-25)29-28(30(37)23-13-18-27(40-6)26(19-23)33(3,4)5)31(38)32(39)36(29)20-21-9-14-24(34)15-10-21/h9-19,29,37H,7-8,20H2,1-6H3/b30-28-. The second kappa shape index (κ2) is 11.5. The Morgan fingerprint density at radius 3 is 2.15 bits per heavy atom. The first-order valence-corrected chi connectivity index (χ1v) is 13.6. The molecule has 0 spiro atoms. The zero-order valence-corrected chi connectivity index (χ0v) is 24.0. The van der Waals surface area contributed by atoms with Gasteiger partial charge in [0.1, 0.15) is 17.3 Å². The molecular formula is C33H37FN2O4. The molecule has 1 fully saturated rings. The topological polar surface area (TPSA) is 70.1 Å². The number of methoxy groups -OCH3 is 1. The molecule has 3 aromatic carbocycles. The van der Waals surface area contributed by atoms with Crippen molar-refractivity contribution in [3.8, 4) is 5.75 Å². The summed E-state index contributed by atoms with van der Waals surface area (Å²) in [5.41, 5.74) is 3.41. The van der Waals surface area contributed by atoms with Crippen molar-refractivity contribution < 1.29 is 23.8 Å². The monoisotopic (exact) mass is 544 g/mol. The molecule has 40 heavy (non-hydrogen) atoms. The molecule has 1 aliphatic rings. The first-order chi connectivity index (χ1) is 19.0. The number of anilines is 1. The van der Waals surface area contributed by atoms with Crippen LogP contribution in [0.15, 0.2) is 72.3 Å². The third-order valence-corrected chi connectivity index (χ3v) is 7.42. The molecule has 1 unspecified atom stereocenters. The van der Waals surface area contributed by atoms with Gasteiger partial charge in [-0.15, -0.1) is 0 Å². The van der Waals surface area contributed by atoms with E-state index in [1.165, 1.54) is 17.0 Å². The minimum absolute atomic E-state index is 0.0210. The lowest BCUT2D eigenvalue weighted by Gasteiger charge is -2.27. The lowest BCUT2D eigenvalue weighted by atomic mass is 9.84. The lowest BCUT2D eigenvalue weighted by Crippen LogP contribution is -2.29. The molecule has 210 valence electrons. The van der Waals surface area contributed by atoms with Crippen LogP contribution in [0.1, 0.15) is 62.9 Å². The van der Waals surface area contributed by atoms with E-state index in [2.05, 4.69) is 18.7 Å². The van der Waals surface area contributed by atoms with Crippen molar-refractivity contribution in [1.29, 1.82) is 0 Å². The van der Waals surface area contributed by atoms with E-state index in [1.807, 2.05) is 51.1 Å². The van der Waals surface area contributed by atoms with Crippen LogP contribution in [0.2, 0.25) is 0 Å². The van der Waals surface area contributed by atoms with Gasteiger partial charge in [0.25, 0.3) is 11.7 Å². The molecule has 7 heteroatoms. The Hall–Kier alpha value is -4.13. The van der Waals surface area contributed by atoms with Crippen LogP contribution in [0, 0.1) is 5.82 Å². The number of benzene rings is 3. The maximum atomic E-state index is 13.6. The van der Waals surface area contributed by atoms with Crippen molar-refractivity contribution in [1.82, 2.24) is 4.90 Å². The number of aliphatic hydroxyl groups excluding tert-OH is 1. The predicted molar refractivity (Wildman–Crippen MR) is 156 cm³/mol. The molecular weight excluding hydrogens is 507 g/mol. The summed E-state index contributed by atoms with van der Waals surface area (Å²) >= 11 is 0. The number of likely N-dealkylation sites (tertiary alicyclic amines) is 1. The van der Waals surface area contributed by atoms with Crippen molar-refractivity contribution >= 4 is 23.1 Å². The van der Waals surface area contributed by atoms with Gasteiger partial charge in [-0.2, -0.15) is 0 Å². The van der Waals surface area contributed by atoms with E-state index in [4.69, 9.17) is 4.74 Å². The van der Waals surface area contributed by atoms with E-state index in [0.29, 0.717) is 22.4 Å². The summed E-state index contributed by atoms with van der Waals surface area (Å²) in [5.74, 6) is -1.43. The predicted octanol–water partition coefficient (Wildman–Crippen LogP) is 6.60. The van der Waals surface area contributed by atoms with E-state index in [0.717, 1.165) is 24.3 Å². The Labute approximate surface area is 235 Å². The Bertz CT molecular complexity index is 1420. The summed E-state index contributed by atoms with van der Waals surface area (Å²) in [5, 5.41) is 11.6. The van der Waals surface area contributed by atoms with Gasteiger partial charge in [0.05, 0.1) is 18.7 Å². The Kier molecular flexibility index (Phi) is 8.33. The van der Waals surface area contributed by atoms with E-state index in [1.54, 1.807) is 31.4 Å². The fraction of sp³-hybridized carbons (Fsp3) is 0.333. The van der Waals surface area contributed by atoms with Gasteiger partial charge in [-0.1, -0.05) is 45.0 Å². The molecule has 1 atom stereocenters. The highest BCUT2D eigenvalue weighted by Gasteiger charge is 2.46. The molecule has 0 bridgehead atoms. The minimum Gasteiger partial charge on any atom is -0.507 e. The average molecular weight is 545 g/mol. The largest absolute Gasteiger partial charge is 0.507 e. The highest BCUT2D eigenvalue weighted by Crippen LogP contribution is 2.42. The van der Waals surface area contributed by atoms with E-state index < -0.39 is 17.7 Å². The van der Waals surface area contributed by atoms with Crippen molar-refractivity contribution in [3.05, 3.63) is 100 Å². The molecule has 1 heterocycles. The van der Waals surface area contributed by atoms with Gasteiger partial charge in [-0.05, 0) is 72.9 Å². The average Bonchev–Trinajstić information content (AvgIpc) is 3.19. The van der Waals surface area contributed by atoms with Crippen LogP contribution in [-0.2, 0) is 21.5 Å². The van der Waals surface area contributed by atoms with Crippen LogP contribution in [0.5, 0.6) is 5.75 Å². The molecule has 4 rings (SSSR count). The summed E-state index contributed by atoms with van der Waals surface area (Å²) in [6.45, 7) is 12.0. The molecule has 6 nitrogen and oxygen atoms in total. The van der Waals surface area contributed by atoms with Crippen LogP contribution in [-0.4, -0.2) is 41.9 Å². The molecule has 1 amide bonds. The number of hydrogen-bond acceptors (Lipinski definition) is 5. The normalized spacial score (nSPS) is 16.9. The number of carbonyl (C=O) groups excluding carboxylic acids is 2. The maximum absolute atomic E-state index is 13.6. The van der Waals surface area contributed by atoms with Gasteiger partial charge in [-0.25, -0.2) is 4.39 Å². The van der Waals surface area contributed by atoms with Gasteiger partial charge >= 0.3 is 0 Å². The van der Waals surface area contributed by atoms with Gasteiger partial charge < -0.3 is 19.6 Å². The van der Waals surface area contributed by atoms with Crippen molar-refractivity contribution in [2.45, 2.75) is 52.6 Å². The maximum Gasteiger partial charge on any atom is 0.295 e. The number of ether oxygens (including phenoxy) is 1. The molecule has 3 aromatic rings. The number of rotatable bonds is 8. The first kappa shape index (κ1) is 28.9.